The van der Waals surface area contributed by atoms with Gasteiger partial charge in [0.1, 0.15) is 29.6 Å². The third-order valence-electron chi connectivity index (χ3n) is 1.58. The molecule has 0 unspecified atom stereocenters. The zero-order valence-electron chi connectivity index (χ0n) is 7.93. The molecule has 0 amide bonds. The summed E-state index contributed by atoms with van der Waals surface area (Å²) in [4.78, 5) is 0. The lowest BCUT2D eigenvalue weighted by atomic mass is 10.2. The van der Waals surface area contributed by atoms with E-state index >= 15 is 0 Å². The number of halogens is 1. The topological polar surface area (TPSA) is 37.2 Å². The van der Waals surface area contributed by atoms with Crippen LogP contribution in [-0.2, 0) is 11.3 Å². The number of ether oxygens (including phenoxy) is 1. The van der Waals surface area contributed by atoms with Gasteiger partial charge in [-0.1, -0.05) is 38.9 Å². The van der Waals surface area contributed by atoms with Crippen molar-refractivity contribution in [3.05, 3.63) is 35.9 Å². The average molecular weight is 305 g/mol. The van der Waals surface area contributed by atoms with E-state index in [-0.39, 0.29) is 0 Å². The van der Waals surface area contributed by atoms with E-state index in [1.165, 1.54) is 0 Å². The molecule has 5 heteroatoms. The summed E-state index contributed by atoms with van der Waals surface area (Å²) in [6.45, 7) is 1.04. The van der Waals surface area contributed by atoms with Crippen LogP contribution in [0.3, 0.4) is 0 Å². The summed E-state index contributed by atoms with van der Waals surface area (Å²) in [5.41, 5.74) is 1.16. The van der Waals surface area contributed by atoms with Gasteiger partial charge >= 0.3 is 0 Å². The molecule has 0 aromatic heterocycles. The molecule has 0 aliphatic carbocycles. The monoisotopic (exact) mass is 305 g/mol. The van der Waals surface area contributed by atoms with E-state index in [9.17, 15) is 0 Å². The fourth-order valence-corrected chi connectivity index (χ4v) is 1.28. The summed E-state index contributed by atoms with van der Waals surface area (Å²) < 4.78 is 9.01. The van der Waals surface area contributed by atoms with E-state index in [0.29, 0.717) is 13.3 Å². The van der Waals surface area contributed by atoms with Crippen molar-refractivity contribution < 1.29 is 4.74 Å². The Kier molecular flexibility index (Phi) is 5.46. The molecule has 4 nitrogen and oxygen atoms in total. The minimum absolute atomic E-state index is 0.446. The smallest absolute Gasteiger partial charge is 0.136 e. The fraction of sp³-hybridized carbons (Fsp3) is 0.333. The van der Waals surface area contributed by atoms with Crippen molar-refractivity contribution in [2.45, 2.75) is 6.61 Å². The lowest BCUT2D eigenvalue weighted by Gasteiger charge is -2.10. The van der Waals surface area contributed by atoms with Gasteiger partial charge in [-0.2, -0.15) is 0 Å². The molecule has 0 saturated carbocycles. The maximum atomic E-state index is 5.40. The Morgan fingerprint density at radius 2 is 2.07 bits per heavy atom. The molecule has 0 atom stereocenters. The van der Waals surface area contributed by atoms with Crippen molar-refractivity contribution in [3.8, 4) is 0 Å². The normalized spacial score (nSPS) is 10.7. The molecule has 1 aromatic carbocycles. The van der Waals surface area contributed by atoms with Gasteiger partial charge in [-0.3, -0.25) is 5.01 Å². The number of rotatable bonds is 5. The second kappa shape index (κ2) is 6.72. The molecule has 0 N–H and O–H groups in total. The number of hydrogen-bond acceptors (Lipinski definition) is 3. The number of benzene rings is 1. The highest BCUT2D eigenvalue weighted by atomic mass is 127. The first-order valence-electron chi connectivity index (χ1n) is 4.17. The lowest BCUT2D eigenvalue weighted by molar-refractivity contribution is 0.0305. The Labute approximate surface area is 97.4 Å². The summed E-state index contributed by atoms with van der Waals surface area (Å²) in [7, 11) is 1.81. The molecule has 1 rings (SSSR count). The summed E-state index contributed by atoms with van der Waals surface area (Å²) in [5.74, 6) is 0. The van der Waals surface area contributed by atoms with Crippen LogP contribution in [0.1, 0.15) is 5.56 Å². The van der Waals surface area contributed by atoms with Crippen LogP contribution in [0, 0.1) is 0 Å². The van der Waals surface area contributed by atoms with Gasteiger partial charge in [-0.05, 0) is 5.56 Å². The largest absolute Gasteiger partial charge is 0.355 e. The molecule has 0 spiro atoms. The van der Waals surface area contributed by atoms with E-state index in [4.69, 9.17) is 4.74 Å². The molecule has 0 aliphatic heterocycles. The third-order valence-corrected chi connectivity index (χ3v) is 1.77. The van der Waals surface area contributed by atoms with Crippen LogP contribution in [0.2, 0.25) is 0 Å². The first-order valence-corrected chi connectivity index (χ1v) is 5.14. The first kappa shape index (κ1) is 11.4. The molecule has 0 radical (unpaired) electrons. The zero-order chi connectivity index (χ0) is 10.2. The summed E-state index contributed by atoms with van der Waals surface area (Å²) in [6, 6.07) is 10.0. The van der Waals surface area contributed by atoms with Crippen LogP contribution in [0.25, 0.3) is 0 Å². The Balaban J connectivity index is 2.22. The van der Waals surface area contributed by atoms with E-state index in [1.54, 1.807) is 5.01 Å². The van der Waals surface area contributed by atoms with Gasteiger partial charge < -0.3 is 4.74 Å². The maximum Gasteiger partial charge on any atom is 0.136 e. The molecular formula is C9H12IN3O. The minimum Gasteiger partial charge on any atom is -0.355 e. The van der Waals surface area contributed by atoms with Crippen molar-refractivity contribution in [3.63, 3.8) is 0 Å². The standard InChI is InChI=1S/C9H12IN3O/c1-13(12-11-10)8-14-7-9-5-3-2-4-6-9/h2-6H,7-8H2,1H3. The van der Waals surface area contributed by atoms with E-state index in [2.05, 4.69) is 8.55 Å². The van der Waals surface area contributed by atoms with E-state index in [0.717, 1.165) is 5.56 Å². The van der Waals surface area contributed by atoms with Crippen molar-refractivity contribution in [2.24, 2.45) is 8.55 Å². The summed E-state index contributed by atoms with van der Waals surface area (Å²) >= 11 is 1.83. The molecule has 0 bridgehead atoms. The SMILES string of the molecule is CN(COCc1ccccc1)N=NI. The van der Waals surface area contributed by atoms with Crippen LogP contribution in [-0.4, -0.2) is 18.8 Å². The van der Waals surface area contributed by atoms with Crippen molar-refractivity contribution in [1.29, 1.82) is 0 Å². The predicted octanol–water partition coefficient (Wildman–Crippen LogP) is 2.81. The zero-order valence-corrected chi connectivity index (χ0v) is 10.1. The highest BCUT2D eigenvalue weighted by Gasteiger charge is 1.94. The van der Waals surface area contributed by atoms with Crippen LogP contribution in [0.4, 0.5) is 0 Å². The van der Waals surface area contributed by atoms with Gasteiger partial charge in [0.05, 0.1) is 6.61 Å². The average Bonchev–Trinajstić information content (AvgIpc) is 2.20. The highest BCUT2D eigenvalue weighted by Crippen LogP contribution is 2.01. The van der Waals surface area contributed by atoms with Crippen LogP contribution < -0.4 is 0 Å². The van der Waals surface area contributed by atoms with Crippen LogP contribution in [0.5, 0.6) is 0 Å². The van der Waals surface area contributed by atoms with Gasteiger partial charge in [0.2, 0.25) is 0 Å². The fourth-order valence-electron chi connectivity index (χ4n) is 0.953. The first-order chi connectivity index (χ1) is 6.83. The van der Waals surface area contributed by atoms with Gasteiger partial charge in [0, 0.05) is 7.05 Å². The van der Waals surface area contributed by atoms with E-state index < -0.39 is 0 Å². The molecule has 0 saturated heterocycles. The van der Waals surface area contributed by atoms with Gasteiger partial charge in [-0.15, -0.1) is 0 Å². The number of hydrogen-bond donors (Lipinski definition) is 0. The molecule has 76 valence electrons. The van der Waals surface area contributed by atoms with Crippen LogP contribution in [0.15, 0.2) is 38.9 Å². The highest BCUT2D eigenvalue weighted by molar-refractivity contribution is 14.1. The molecule has 0 aliphatic rings. The molecule has 1 aromatic rings. The van der Waals surface area contributed by atoms with Crippen LogP contribution >= 0.6 is 22.9 Å². The Morgan fingerprint density at radius 3 is 2.71 bits per heavy atom. The van der Waals surface area contributed by atoms with Gasteiger partial charge in [0.25, 0.3) is 0 Å². The predicted molar refractivity (Wildman–Crippen MR) is 62.7 cm³/mol. The second-order valence-electron chi connectivity index (χ2n) is 2.79. The molecular weight excluding hydrogens is 293 g/mol. The van der Waals surface area contributed by atoms with Crippen molar-refractivity contribution in [2.75, 3.05) is 13.8 Å². The van der Waals surface area contributed by atoms with Crippen molar-refractivity contribution in [1.82, 2.24) is 5.01 Å². The third kappa shape index (κ3) is 4.52. The van der Waals surface area contributed by atoms with Crippen molar-refractivity contribution >= 4 is 22.9 Å². The second-order valence-corrected chi connectivity index (χ2v) is 3.22. The quantitative estimate of drug-likeness (QED) is 0.363. The summed E-state index contributed by atoms with van der Waals surface area (Å²) in [5, 5.41) is 5.41. The summed E-state index contributed by atoms with van der Waals surface area (Å²) in [6.07, 6.45) is 0. The Morgan fingerprint density at radius 1 is 1.36 bits per heavy atom. The maximum absolute atomic E-state index is 5.40. The van der Waals surface area contributed by atoms with Gasteiger partial charge in [0.15, 0.2) is 0 Å². The molecule has 0 fully saturated rings. The molecule has 14 heavy (non-hydrogen) atoms. The number of nitrogens with zero attached hydrogens (tertiary/aromatic N) is 3. The minimum atomic E-state index is 0.446. The van der Waals surface area contributed by atoms with E-state index in [1.807, 2.05) is 60.2 Å². The Bertz CT molecular complexity index is 279. The Hall–Kier alpha value is -0.690. The van der Waals surface area contributed by atoms with Gasteiger partial charge in [-0.25, -0.2) is 0 Å². The molecule has 0 heterocycles. The lowest BCUT2D eigenvalue weighted by Crippen LogP contribution is -2.14.